The molecule has 0 aliphatic carbocycles. The van der Waals surface area contributed by atoms with Gasteiger partial charge in [0.15, 0.2) is 0 Å². The van der Waals surface area contributed by atoms with Gasteiger partial charge >= 0.3 is 10.3 Å². The number of imidazole rings is 1. The standard InChI is InChI=1S/C25H42N2O3S/c1-2-3-4-5-6-7-8-9-10-11-12-13-14-15-16-17-22-25-26-23-20-18-19-21-24(23)27(25)31(28,29)30/h18-21H,2-17,22H2,1H3,(H,28,29,30). The lowest BCUT2D eigenvalue weighted by molar-refractivity contribution is 0.471. The highest BCUT2D eigenvalue weighted by molar-refractivity contribution is 7.84. The van der Waals surface area contributed by atoms with E-state index in [-0.39, 0.29) is 0 Å². The molecule has 0 saturated heterocycles. The van der Waals surface area contributed by atoms with Crippen molar-refractivity contribution in [3.05, 3.63) is 30.1 Å². The van der Waals surface area contributed by atoms with E-state index in [4.69, 9.17) is 0 Å². The number of nitrogens with zero attached hydrogens (tertiary/aromatic N) is 2. The molecule has 2 rings (SSSR count). The molecule has 1 aromatic carbocycles. The number of hydrogen-bond donors (Lipinski definition) is 1. The molecule has 5 nitrogen and oxygen atoms in total. The van der Waals surface area contributed by atoms with Gasteiger partial charge in [-0.3, -0.25) is 4.55 Å². The second-order valence-electron chi connectivity index (χ2n) is 8.81. The quantitative estimate of drug-likeness (QED) is 0.189. The Hall–Kier alpha value is -1.40. The van der Waals surface area contributed by atoms with E-state index in [9.17, 15) is 13.0 Å². The van der Waals surface area contributed by atoms with Crippen LogP contribution in [0, 0.1) is 0 Å². The fourth-order valence-electron chi connectivity index (χ4n) is 4.30. The van der Waals surface area contributed by atoms with E-state index in [0.29, 0.717) is 23.3 Å². The molecule has 6 heteroatoms. The van der Waals surface area contributed by atoms with Crippen LogP contribution in [0.2, 0.25) is 0 Å². The minimum atomic E-state index is -4.33. The molecule has 0 spiro atoms. The third-order valence-corrected chi connectivity index (χ3v) is 6.94. The zero-order valence-electron chi connectivity index (χ0n) is 19.4. The van der Waals surface area contributed by atoms with Crippen LogP contribution in [0.1, 0.15) is 115 Å². The summed E-state index contributed by atoms with van der Waals surface area (Å²) >= 11 is 0. The van der Waals surface area contributed by atoms with Crippen molar-refractivity contribution < 1.29 is 13.0 Å². The molecule has 0 amide bonds. The van der Waals surface area contributed by atoms with Crippen LogP contribution in [0.15, 0.2) is 24.3 Å². The number of rotatable bonds is 18. The van der Waals surface area contributed by atoms with Gasteiger partial charge in [0, 0.05) is 6.42 Å². The second kappa shape index (κ2) is 14.6. The smallest absolute Gasteiger partial charge is 0.269 e. The first-order chi connectivity index (χ1) is 15.0. The first-order valence-corrected chi connectivity index (χ1v) is 13.9. The molecule has 176 valence electrons. The molecule has 2 aromatic rings. The van der Waals surface area contributed by atoms with E-state index in [0.717, 1.165) is 16.8 Å². The van der Waals surface area contributed by atoms with Crippen LogP contribution in [0.25, 0.3) is 11.0 Å². The summed E-state index contributed by atoms with van der Waals surface area (Å²) in [5, 5.41) is 0. The Morgan fingerprint density at radius 3 is 1.68 bits per heavy atom. The summed E-state index contributed by atoms with van der Waals surface area (Å²) in [6.07, 6.45) is 21.5. The Morgan fingerprint density at radius 2 is 1.19 bits per heavy atom. The zero-order valence-corrected chi connectivity index (χ0v) is 20.2. The van der Waals surface area contributed by atoms with Crippen molar-refractivity contribution in [1.29, 1.82) is 0 Å². The highest BCUT2D eigenvalue weighted by atomic mass is 32.2. The van der Waals surface area contributed by atoms with Crippen molar-refractivity contribution in [2.45, 2.75) is 116 Å². The normalized spacial score (nSPS) is 12.1. The van der Waals surface area contributed by atoms with Crippen molar-refractivity contribution in [3.8, 4) is 0 Å². The maximum absolute atomic E-state index is 11.8. The Bertz CT molecular complexity index is 846. The van der Waals surface area contributed by atoms with Gasteiger partial charge in [-0.1, -0.05) is 115 Å². The lowest BCUT2D eigenvalue weighted by Gasteiger charge is -2.06. The first-order valence-electron chi connectivity index (χ1n) is 12.5. The summed E-state index contributed by atoms with van der Waals surface area (Å²) in [4.78, 5) is 4.41. The minimum absolute atomic E-state index is 0.425. The van der Waals surface area contributed by atoms with Gasteiger partial charge in [0.1, 0.15) is 5.82 Å². The molecule has 1 N–H and O–H groups in total. The zero-order chi connectivity index (χ0) is 22.4. The molecule has 0 fully saturated rings. The van der Waals surface area contributed by atoms with Crippen LogP contribution >= 0.6 is 0 Å². The van der Waals surface area contributed by atoms with Crippen LogP contribution < -0.4 is 0 Å². The van der Waals surface area contributed by atoms with Gasteiger partial charge in [-0.15, -0.1) is 0 Å². The van der Waals surface area contributed by atoms with Gasteiger partial charge in [0.2, 0.25) is 0 Å². The van der Waals surface area contributed by atoms with Gasteiger partial charge < -0.3 is 0 Å². The molecular formula is C25H42N2O3S. The minimum Gasteiger partial charge on any atom is -0.269 e. The van der Waals surface area contributed by atoms with E-state index in [1.54, 1.807) is 18.2 Å². The summed E-state index contributed by atoms with van der Waals surface area (Å²) < 4.78 is 34.1. The highest BCUT2D eigenvalue weighted by Gasteiger charge is 2.18. The summed E-state index contributed by atoms with van der Waals surface area (Å²) in [6.45, 7) is 2.27. The predicted molar refractivity (Wildman–Crippen MR) is 130 cm³/mol. The molecule has 0 atom stereocenters. The molecule has 0 radical (unpaired) electrons. The molecule has 31 heavy (non-hydrogen) atoms. The molecule has 0 aliphatic heterocycles. The van der Waals surface area contributed by atoms with Crippen molar-refractivity contribution >= 4 is 21.3 Å². The molecule has 0 unspecified atom stereocenters. The predicted octanol–water partition coefficient (Wildman–Crippen LogP) is 7.49. The van der Waals surface area contributed by atoms with Gasteiger partial charge in [0.25, 0.3) is 0 Å². The third kappa shape index (κ3) is 9.73. The Balaban J connectivity index is 1.50. The van der Waals surface area contributed by atoms with Gasteiger partial charge in [-0.25, -0.2) is 8.96 Å². The van der Waals surface area contributed by atoms with Gasteiger partial charge in [-0.2, -0.15) is 8.42 Å². The molecule has 1 heterocycles. The summed E-state index contributed by atoms with van der Waals surface area (Å²) in [7, 11) is -4.33. The van der Waals surface area contributed by atoms with Crippen LogP contribution in [-0.4, -0.2) is 21.9 Å². The van der Waals surface area contributed by atoms with Crippen LogP contribution in [0.3, 0.4) is 0 Å². The number of hydrogen-bond acceptors (Lipinski definition) is 3. The number of benzene rings is 1. The summed E-state index contributed by atoms with van der Waals surface area (Å²) in [5.74, 6) is 0.425. The number of aromatic nitrogens is 2. The van der Waals surface area contributed by atoms with E-state index >= 15 is 0 Å². The second-order valence-corrected chi connectivity index (χ2v) is 10.1. The molecular weight excluding hydrogens is 408 g/mol. The van der Waals surface area contributed by atoms with Gasteiger partial charge in [-0.05, 0) is 18.6 Å². The van der Waals surface area contributed by atoms with Crippen molar-refractivity contribution in [1.82, 2.24) is 8.96 Å². The van der Waals surface area contributed by atoms with E-state index < -0.39 is 10.3 Å². The average Bonchev–Trinajstić information content (AvgIpc) is 3.12. The monoisotopic (exact) mass is 450 g/mol. The van der Waals surface area contributed by atoms with Crippen molar-refractivity contribution in [2.75, 3.05) is 0 Å². The van der Waals surface area contributed by atoms with E-state index in [1.807, 2.05) is 6.07 Å². The highest BCUT2D eigenvalue weighted by Crippen LogP contribution is 2.20. The van der Waals surface area contributed by atoms with E-state index in [2.05, 4.69) is 11.9 Å². The number of fused-ring (bicyclic) bond motifs is 1. The number of para-hydroxylation sites is 2. The maximum Gasteiger partial charge on any atom is 0.365 e. The van der Waals surface area contributed by atoms with Crippen molar-refractivity contribution in [3.63, 3.8) is 0 Å². The fourth-order valence-corrected chi connectivity index (χ4v) is 5.10. The molecule has 0 aliphatic rings. The van der Waals surface area contributed by atoms with Crippen molar-refractivity contribution in [2.24, 2.45) is 0 Å². The molecule has 1 aromatic heterocycles. The van der Waals surface area contributed by atoms with Crippen LogP contribution in [-0.2, 0) is 16.7 Å². The van der Waals surface area contributed by atoms with Gasteiger partial charge in [0.05, 0.1) is 11.0 Å². The third-order valence-electron chi connectivity index (χ3n) is 6.07. The van der Waals surface area contributed by atoms with E-state index in [1.165, 1.54) is 89.9 Å². The van der Waals surface area contributed by atoms with Crippen LogP contribution in [0.4, 0.5) is 0 Å². The lowest BCUT2D eigenvalue weighted by atomic mass is 10.0. The Labute approximate surface area is 189 Å². The lowest BCUT2D eigenvalue weighted by Crippen LogP contribution is -2.14. The van der Waals surface area contributed by atoms with Crippen LogP contribution in [0.5, 0.6) is 0 Å². The first kappa shape index (κ1) is 25.9. The number of aryl methyl sites for hydroxylation is 1. The molecule has 0 bridgehead atoms. The maximum atomic E-state index is 11.8. The fraction of sp³-hybridized carbons (Fsp3) is 0.720. The largest absolute Gasteiger partial charge is 0.365 e. The average molecular weight is 451 g/mol. The summed E-state index contributed by atoms with van der Waals surface area (Å²) in [6, 6.07) is 7.02. The Morgan fingerprint density at radius 1 is 0.742 bits per heavy atom. The number of unbranched alkanes of at least 4 members (excludes halogenated alkanes) is 15. The summed E-state index contributed by atoms with van der Waals surface area (Å²) in [5.41, 5.74) is 1.04. The SMILES string of the molecule is CCCCCCCCCCCCCCCCCCc1nc2ccccc2n1S(=O)(=O)O. The topological polar surface area (TPSA) is 72.2 Å². The Kier molecular flexibility index (Phi) is 12.2. The molecule has 0 saturated carbocycles.